The molecule has 1 aliphatic rings. The van der Waals surface area contributed by atoms with Crippen LogP contribution < -0.4 is 9.62 Å². The van der Waals surface area contributed by atoms with Crippen LogP contribution in [0, 0.1) is 0 Å². The van der Waals surface area contributed by atoms with Crippen LogP contribution in [0.25, 0.3) is 0 Å². The van der Waals surface area contributed by atoms with Gasteiger partial charge in [-0.25, -0.2) is 8.42 Å². The van der Waals surface area contributed by atoms with Crippen molar-refractivity contribution in [1.82, 2.24) is 0 Å². The van der Waals surface area contributed by atoms with E-state index in [9.17, 15) is 18.0 Å². The van der Waals surface area contributed by atoms with Crippen LogP contribution in [0.5, 0.6) is 0 Å². The lowest BCUT2D eigenvalue weighted by molar-refractivity contribution is -0.117. The number of carbonyl (C=O) groups excluding carboxylic acids is 2. The van der Waals surface area contributed by atoms with Crippen LogP contribution in [0.1, 0.15) is 30.1 Å². The summed E-state index contributed by atoms with van der Waals surface area (Å²) in [5, 5.41) is 0. The van der Waals surface area contributed by atoms with Crippen LogP contribution in [0.2, 0.25) is 0 Å². The van der Waals surface area contributed by atoms with E-state index in [0.29, 0.717) is 29.9 Å². The van der Waals surface area contributed by atoms with Gasteiger partial charge in [0, 0.05) is 18.5 Å². The molecular formula is C18H18N2O4S. The van der Waals surface area contributed by atoms with Gasteiger partial charge in [0.2, 0.25) is 5.91 Å². The van der Waals surface area contributed by atoms with Crippen LogP contribution in [0.15, 0.2) is 53.4 Å². The third kappa shape index (κ3) is 3.56. The molecule has 0 saturated carbocycles. The lowest BCUT2D eigenvalue weighted by atomic mass is 10.2. The van der Waals surface area contributed by atoms with Gasteiger partial charge >= 0.3 is 0 Å². The number of rotatable bonds is 5. The van der Waals surface area contributed by atoms with Crippen molar-refractivity contribution in [2.24, 2.45) is 0 Å². The maximum absolute atomic E-state index is 12.6. The number of Topliss-reactive ketones (excluding diaryl/α,β-unsaturated/α-hetero) is 1. The minimum absolute atomic E-state index is 0.0162. The van der Waals surface area contributed by atoms with Gasteiger partial charge in [0.15, 0.2) is 5.78 Å². The maximum atomic E-state index is 12.6. The summed E-state index contributed by atoms with van der Waals surface area (Å²) >= 11 is 0. The van der Waals surface area contributed by atoms with Gasteiger partial charge in [-0.3, -0.25) is 14.3 Å². The van der Waals surface area contributed by atoms with Crippen LogP contribution in [-0.2, 0) is 14.8 Å². The molecule has 25 heavy (non-hydrogen) atoms. The molecule has 1 saturated heterocycles. The summed E-state index contributed by atoms with van der Waals surface area (Å²) in [5.41, 5.74) is 1.35. The standard InChI is InChI=1S/C18H18N2O4S/c1-13(21)14-8-10-15(11-9-14)25(23,24)19-16-5-2-3-6-17(16)20-12-4-7-18(20)22/h2-3,5-6,8-11,19H,4,7,12H2,1H3. The number of para-hydroxylation sites is 2. The minimum Gasteiger partial charge on any atom is -0.310 e. The maximum Gasteiger partial charge on any atom is 0.261 e. The highest BCUT2D eigenvalue weighted by Gasteiger charge is 2.25. The highest BCUT2D eigenvalue weighted by atomic mass is 32.2. The molecule has 3 rings (SSSR count). The van der Waals surface area contributed by atoms with Gasteiger partial charge in [-0.2, -0.15) is 0 Å². The molecule has 0 unspecified atom stereocenters. The van der Waals surface area contributed by atoms with Crippen LogP contribution >= 0.6 is 0 Å². The first-order valence-electron chi connectivity index (χ1n) is 7.92. The number of amides is 1. The number of benzene rings is 2. The SMILES string of the molecule is CC(=O)c1ccc(S(=O)(=O)Nc2ccccc2N2CCCC2=O)cc1. The second-order valence-corrected chi connectivity index (χ2v) is 7.53. The molecule has 1 fully saturated rings. The Bertz CT molecular complexity index is 920. The first kappa shape index (κ1) is 17.2. The first-order chi connectivity index (χ1) is 11.9. The van der Waals surface area contributed by atoms with Crippen molar-refractivity contribution < 1.29 is 18.0 Å². The summed E-state index contributed by atoms with van der Waals surface area (Å²) in [6, 6.07) is 12.6. The van der Waals surface area contributed by atoms with Gasteiger partial charge in [-0.15, -0.1) is 0 Å². The van der Waals surface area contributed by atoms with E-state index < -0.39 is 10.0 Å². The summed E-state index contributed by atoms with van der Waals surface area (Å²) in [5.74, 6) is -0.146. The predicted octanol–water partition coefficient (Wildman–Crippen LogP) is 2.82. The number of carbonyl (C=O) groups is 2. The van der Waals surface area contributed by atoms with Gasteiger partial charge in [0.25, 0.3) is 10.0 Å². The molecule has 1 N–H and O–H groups in total. The van der Waals surface area contributed by atoms with Crippen molar-refractivity contribution in [2.45, 2.75) is 24.7 Å². The molecule has 0 atom stereocenters. The molecule has 0 radical (unpaired) electrons. The van der Waals surface area contributed by atoms with Crippen molar-refractivity contribution in [3.63, 3.8) is 0 Å². The largest absolute Gasteiger partial charge is 0.310 e. The summed E-state index contributed by atoms with van der Waals surface area (Å²) in [7, 11) is -3.82. The van der Waals surface area contributed by atoms with E-state index in [-0.39, 0.29) is 16.6 Å². The van der Waals surface area contributed by atoms with Crippen LogP contribution in [0.4, 0.5) is 11.4 Å². The Kier molecular flexibility index (Phi) is 4.59. The fraction of sp³-hybridized carbons (Fsp3) is 0.222. The zero-order valence-corrected chi connectivity index (χ0v) is 14.5. The van der Waals surface area contributed by atoms with Gasteiger partial charge in [-0.05, 0) is 37.6 Å². The molecule has 6 nitrogen and oxygen atoms in total. The van der Waals surface area contributed by atoms with Crippen molar-refractivity contribution in [1.29, 1.82) is 0 Å². The number of hydrogen-bond donors (Lipinski definition) is 1. The number of hydrogen-bond acceptors (Lipinski definition) is 4. The Morgan fingerprint density at radius 3 is 2.36 bits per heavy atom. The Hall–Kier alpha value is -2.67. The molecule has 2 aromatic rings. The van der Waals surface area contributed by atoms with E-state index in [1.165, 1.54) is 31.2 Å². The Labute approximate surface area is 146 Å². The summed E-state index contributed by atoms with van der Waals surface area (Å²) < 4.78 is 27.8. The van der Waals surface area contributed by atoms with Gasteiger partial charge in [0.1, 0.15) is 0 Å². The molecule has 1 amide bonds. The van der Waals surface area contributed by atoms with Crippen molar-refractivity contribution in [3.8, 4) is 0 Å². The number of nitrogens with zero attached hydrogens (tertiary/aromatic N) is 1. The summed E-state index contributed by atoms with van der Waals surface area (Å²) in [6.07, 6.45) is 1.22. The zero-order valence-electron chi connectivity index (χ0n) is 13.7. The molecule has 1 heterocycles. The lowest BCUT2D eigenvalue weighted by Crippen LogP contribution is -2.25. The van der Waals surface area contributed by atoms with E-state index >= 15 is 0 Å². The molecule has 0 aromatic heterocycles. The van der Waals surface area contributed by atoms with Crippen molar-refractivity contribution >= 4 is 33.1 Å². The molecule has 0 spiro atoms. The second kappa shape index (κ2) is 6.68. The number of nitrogens with one attached hydrogen (secondary N) is 1. The Balaban J connectivity index is 1.91. The lowest BCUT2D eigenvalue weighted by Gasteiger charge is -2.20. The molecule has 7 heteroatoms. The summed E-state index contributed by atoms with van der Waals surface area (Å²) in [4.78, 5) is 24.9. The predicted molar refractivity (Wildman–Crippen MR) is 95.3 cm³/mol. The highest BCUT2D eigenvalue weighted by molar-refractivity contribution is 7.92. The van der Waals surface area contributed by atoms with E-state index in [1.54, 1.807) is 29.2 Å². The smallest absolute Gasteiger partial charge is 0.261 e. The normalized spacial score (nSPS) is 14.6. The van der Waals surface area contributed by atoms with E-state index in [1.807, 2.05) is 0 Å². The van der Waals surface area contributed by atoms with E-state index in [4.69, 9.17) is 0 Å². The Morgan fingerprint density at radius 2 is 1.76 bits per heavy atom. The van der Waals surface area contributed by atoms with Crippen molar-refractivity contribution in [2.75, 3.05) is 16.2 Å². The topological polar surface area (TPSA) is 83.6 Å². The third-order valence-electron chi connectivity index (χ3n) is 4.08. The number of anilines is 2. The molecule has 0 aliphatic carbocycles. The number of sulfonamides is 1. The fourth-order valence-corrected chi connectivity index (χ4v) is 3.85. The van der Waals surface area contributed by atoms with Crippen molar-refractivity contribution in [3.05, 3.63) is 54.1 Å². The van der Waals surface area contributed by atoms with Crippen LogP contribution in [0.3, 0.4) is 0 Å². The molecule has 2 aromatic carbocycles. The van der Waals surface area contributed by atoms with E-state index in [0.717, 1.165) is 6.42 Å². The van der Waals surface area contributed by atoms with Gasteiger partial charge in [0.05, 0.1) is 16.3 Å². The summed E-state index contributed by atoms with van der Waals surface area (Å²) in [6.45, 7) is 2.00. The molecular weight excluding hydrogens is 340 g/mol. The molecule has 0 bridgehead atoms. The fourth-order valence-electron chi connectivity index (χ4n) is 2.77. The Morgan fingerprint density at radius 1 is 1.08 bits per heavy atom. The quantitative estimate of drug-likeness (QED) is 0.833. The van der Waals surface area contributed by atoms with Gasteiger partial charge < -0.3 is 4.90 Å². The van der Waals surface area contributed by atoms with E-state index in [2.05, 4.69) is 4.72 Å². The minimum atomic E-state index is -3.82. The van der Waals surface area contributed by atoms with Gasteiger partial charge in [-0.1, -0.05) is 24.3 Å². The third-order valence-corrected chi connectivity index (χ3v) is 5.47. The van der Waals surface area contributed by atoms with Crippen LogP contribution in [-0.4, -0.2) is 26.7 Å². The zero-order chi connectivity index (χ0) is 18.0. The average Bonchev–Trinajstić information content (AvgIpc) is 3.01. The monoisotopic (exact) mass is 358 g/mol. The second-order valence-electron chi connectivity index (χ2n) is 5.85. The first-order valence-corrected chi connectivity index (χ1v) is 9.40. The molecule has 1 aliphatic heterocycles. The molecule has 130 valence electrons. The highest BCUT2D eigenvalue weighted by Crippen LogP contribution is 2.31. The number of ketones is 1. The average molecular weight is 358 g/mol.